The van der Waals surface area contributed by atoms with Gasteiger partial charge < -0.3 is 20.1 Å². The van der Waals surface area contributed by atoms with Crippen LogP contribution in [-0.4, -0.2) is 43.4 Å². The third-order valence-electron chi connectivity index (χ3n) is 3.00. The highest BCUT2D eigenvalue weighted by atomic mass is 35.5. The van der Waals surface area contributed by atoms with E-state index in [2.05, 4.69) is 10.2 Å². The van der Waals surface area contributed by atoms with Gasteiger partial charge in [-0.1, -0.05) is 0 Å². The molecule has 1 atom stereocenters. The van der Waals surface area contributed by atoms with Crippen LogP contribution in [0.15, 0.2) is 24.3 Å². The maximum absolute atomic E-state index is 10.7. The molecule has 1 fully saturated rings. The van der Waals surface area contributed by atoms with Crippen LogP contribution in [0, 0.1) is 0 Å². The minimum absolute atomic E-state index is 0. The minimum atomic E-state index is -0.854. The Morgan fingerprint density at radius 1 is 1.25 bits per heavy atom. The molecule has 114 valence electrons. The number of benzene rings is 1. The van der Waals surface area contributed by atoms with E-state index >= 15 is 0 Å². The molecule has 2 N–H and O–H groups in total. The Bertz CT molecular complexity index is 409. The number of rotatable bonds is 4. The van der Waals surface area contributed by atoms with Crippen molar-refractivity contribution in [2.75, 3.05) is 36.5 Å². The van der Waals surface area contributed by atoms with Crippen LogP contribution in [0.4, 0.5) is 11.4 Å². The first-order valence-corrected chi connectivity index (χ1v) is 6.09. The Morgan fingerprint density at radius 2 is 1.80 bits per heavy atom. The Labute approximate surface area is 131 Å². The van der Waals surface area contributed by atoms with Crippen LogP contribution in [0.3, 0.4) is 0 Å². The topological polar surface area (TPSA) is 61.8 Å². The first-order chi connectivity index (χ1) is 8.66. The van der Waals surface area contributed by atoms with Gasteiger partial charge in [0, 0.05) is 24.5 Å². The lowest BCUT2D eigenvalue weighted by atomic mass is 10.2. The fourth-order valence-corrected chi connectivity index (χ4v) is 1.90. The number of nitrogens with zero attached hydrogens (tertiary/aromatic N) is 1. The Balaban J connectivity index is 0.00000180. The molecule has 1 saturated heterocycles. The molecule has 5 nitrogen and oxygen atoms in total. The van der Waals surface area contributed by atoms with E-state index in [1.165, 1.54) is 0 Å². The summed E-state index contributed by atoms with van der Waals surface area (Å²) in [5.41, 5.74) is 1.97. The zero-order valence-electron chi connectivity index (χ0n) is 11.2. The monoisotopic (exact) mass is 322 g/mol. The highest BCUT2D eigenvalue weighted by Gasteiger charge is 2.12. The highest BCUT2D eigenvalue weighted by molar-refractivity contribution is 5.85. The molecule has 0 bridgehead atoms. The van der Waals surface area contributed by atoms with Crippen LogP contribution in [0.1, 0.15) is 6.92 Å². The maximum atomic E-state index is 10.7. The van der Waals surface area contributed by atoms with E-state index in [4.69, 9.17) is 9.84 Å². The molecule has 0 radical (unpaired) electrons. The van der Waals surface area contributed by atoms with E-state index in [9.17, 15) is 4.79 Å². The first kappa shape index (κ1) is 18.8. The average Bonchev–Trinajstić information content (AvgIpc) is 2.40. The molecule has 1 aliphatic rings. The average molecular weight is 323 g/mol. The van der Waals surface area contributed by atoms with Gasteiger partial charge in [-0.05, 0) is 31.2 Å². The summed E-state index contributed by atoms with van der Waals surface area (Å²) in [5, 5.41) is 11.7. The largest absolute Gasteiger partial charge is 0.480 e. The van der Waals surface area contributed by atoms with Crippen molar-refractivity contribution in [1.82, 2.24) is 0 Å². The van der Waals surface area contributed by atoms with Gasteiger partial charge in [0.15, 0.2) is 0 Å². The van der Waals surface area contributed by atoms with E-state index in [1.54, 1.807) is 6.92 Å². The molecule has 0 spiro atoms. The summed E-state index contributed by atoms with van der Waals surface area (Å²) >= 11 is 0. The molecule has 0 aliphatic carbocycles. The van der Waals surface area contributed by atoms with Crippen LogP contribution in [0.25, 0.3) is 0 Å². The summed E-state index contributed by atoms with van der Waals surface area (Å²) in [4.78, 5) is 13.0. The van der Waals surface area contributed by atoms with Gasteiger partial charge in [-0.15, -0.1) is 24.8 Å². The van der Waals surface area contributed by atoms with Gasteiger partial charge in [0.25, 0.3) is 0 Å². The molecule has 1 aliphatic heterocycles. The fourth-order valence-electron chi connectivity index (χ4n) is 1.90. The van der Waals surface area contributed by atoms with Gasteiger partial charge in [-0.25, -0.2) is 0 Å². The molecule has 20 heavy (non-hydrogen) atoms. The number of carbonyl (C=O) groups is 1. The van der Waals surface area contributed by atoms with Gasteiger partial charge in [0.2, 0.25) is 0 Å². The van der Waals surface area contributed by atoms with Crippen molar-refractivity contribution in [3.8, 4) is 0 Å². The molecule has 1 aromatic rings. The van der Waals surface area contributed by atoms with E-state index in [0.29, 0.717) is 0 Å². The van der Waals surface area contributed by atoms with E-state index in [1.807, 2.05) is 24.3 Å². The van der Waals surface area contributed by atoms with E-state index in [0.717, 1.165) is 37.7 Å². The lowest BCUT2D eigenvalue weighted by Gasteiger charge is -2.29. The van der Waals surface area contributed by atoms with E-state index < -0.39 is 12.0 Å². The quantitative estimate of drug-likeness (QED) is 0.890. The zero-order valence-corrected chi connectivity index (χ0v) is 12.9. The van der Waals surface area contributed by atoms with Gasteiger partial charge in [-0.2, -0.15) is 0 Å². The van der Waals surface area contributed by atoms with Crippen molar-refractivity contribution >= 4 is 42.2 Å². The Morgan fingerprint density at radius 3 is 2.30 bits per heavy atom. The summed E-state index contributed by atoms with van der Waals surface area (Å²) in [6.45, 7) is 4.95. The first-order valence-electron chi connectivity index (χ1n) is 6.09. The second kappa shape index (κ2) is 8.89. The molecule has 0 saturated carbocycles. The second-order valence-electron chi connectivity index (χ2n) is 4.35. The molecular formula is C13H20Cl2N2O3. The van der Waals surface area contributed by atoms with Gasteiger partial charge in [-0.3, -0.25) is 4.79 Å². The van der Waals surface area contributed by atoms with Crippen molar-refractivity contribution in [2.24, 2.45) is 0 Å². The van der Waals surface area contributed by atoms with Crippen molar-refractivity contribution in [3.63, 3.8) is 0 Å². The normalized spacial score (nSPS) is 15.6. The number of hydrogen-bond acceptors (Lipinski definition) is 4. The fraction of sp³-hybridized carbons (Fsp3) is 0.462. The number of anilines is 2. The molecule has 2 rings (SSSR count). The number of ether oxygens (including phenoxy) is 1. The number of hydrogen-bond donors (Lipinski definition) is 2. The van der Waals surface area contributed by atoms with Crippen molar-refractivity contribution < 1.29 is 14.6 Å². The predicted molar refractivity (Wildman–Crippen MR) is 84.7 cm³/mol. The molecule has 0 unspecified atom stereocenters. The Hall–Kier alpha value is -1.17. The van der Waals surface area contributed by atoms with Crippen LogP contribution >= 0.6 is 24.8 Å². The van der Waals surface area contributed by atoms with Gasteiger partial charge in [0.1, 0.15) is 6.04 Å². The zero-order chi connectivity index (χ0) is 13.0. The number of halogens is 2. The number of aliphatic carboxylic acids is 1. The lowest BCUT2D eigenvalue weighted by Crippen LogP contribution is -2.36. The van der Waals surface area contributed by atoms with Crippen molar-refractivity contribution in [1.29, 1.82) is 0 Å². The van der Waals surface area contributed by atoms with Crippen LogP contribution in [0.5, 0.6) is 0 Å². The molecular weight excluding hydrogens is 303 g/mol. The van der Waals surface area contributed by atoms with Crippen LogP contribution < -0.4 is 10.2 Å². The highest BCUT2D eigenvalue weighted by Crippen LogP contribution is 2.19. The minimum Gasteiger partial charge on any atom is -0.480 e. The number of carboxylic acid groups (broad SMARTS) is 1. The third-order valence-corrected chi connectivity index (χ3v) is 3.00. The summed E-state index contributed by atoms with van der Waals surface area (Å²) in [7, 11) is 0. The summed E-state index contributed by atoms with van der Waals surface area (Å²) in [5.74, 6) is -0.854. The predicted octanol–water partition coefficient (Wildman–Crippen LogP) is 2.25. The van der Waals surface area contributed by atoms with Gasteiger partial charge in [0.05, 0.1) is 13.2 Å². The summed E-state index contributed by atoms with van der Waals surface area (Å²) in [6.07, 6.45) is 0. The maximum Gasteiger partial charge on any atom is 0.325 e. The summed E-state index contributed by atoms with van der Waals surface area (Å²) < 4.78 is 5.30. The summed E-state index contributed by atoms with van der Waals surface area (Å²) in [6, 6.07) is 7.23. The van der Waals surface area contributed by atoms with Crippen molar-refractivity contribution in [2.45, 2.75) is 13.0 Å². The molecule has 1 heterocycles. The molecule has 0 amide bonds. The molecule has 0 aromatic heterocycles. The molecule has 7 heteroatoms. The smallest absolute Gasteiger partial charge is 0.325 e. The van der Waals surface area contributed by atoms with Crippen LogP contribution in [-0.2, 0) is 9.53 Å². The Kier molecular flexibility index (Phi) is 8.37. The van der Waals surface area contributed by atoms with E-state index in [-0.39, 0.29) is 24.8 Å². The number of carboxylic acids is 1. The third kappa shape index (κ3) is 5.07. The lowest BCUT2D eigenvalue weighted by molar-refractivity contribution is -0.137. The van der Waals surface area contributed by atoms with Crippen molar-refractivity contribution in [3.05, 3.63) is 24.3 Å². The number of morpholine rings is 1. The van der Waals surface area contributed by atoms with Gasteiger partial charge >= 0.3 is 5.97 Å². The standard InChI is InChI=1S/C13H18N2O3.2ClH/c1-10(13(16)17)14-11-2-4-12(5-3-11)15-6-8-18-9-7-15;;/h2-5,10,14H,6-9H2,1H3,(H,16,17);2*1H/t10-;;/m0../s1. The number of nitrogens with one attached hydrogen (secondary N) is 1. The SMILES string of the molecule is C[C@H](Nc1ccc(N2CCOCC2)cc1)C(=O)O.Cl.Cl. The molecule has 1 aromatic carbocycles. The van der Waals surface area contributed by atoms with Crippen LogP contribution in [0.2, 0.25) is 0 Å². The second-order valence-corrected chi connectivity index (χ2v) is 4.35.